The van der Waals surface area contributed by atoms with E-state index in [-0.39, 0.29) is 44.9 Å². The van der Waals surface area contributed by atoms with Gasteiger partial charge in [0.2, 0.25) is 0 Å². The summed E-state index contributed by atoms with van der Waals surface area (Å²) < 4.78 is 4.65. The van der Waals surface area contributed by atoms with Gasteiger partial charge in [-0.15, -0.1) is 0 Å². The number of rotatable bonds is 0. The van der Waals surface area contributed by atoms with Crippen LogP contribution in [0.25, 0.3) is 0 Å². The van der Waals surface area contributed by atoms with Gasteiger partial charge in [0.25, 0.3) is 0 Å². The predicted molar refractivity (Wildman–Crippen MR) is 28.3 cm³/mol. The molecule has 0 aromatic rings. The Morgan fingerprint density at radius 1 is 1.89 bits per heavy atom. The Morgan fingerprint density at radius 3 is 2.56 bits per heavy atom. The number of carbonyl (C=O) groups is 1. The van der Waals surface area contributed by atoms with E-state index in [1.165, 1.54) is 4.90 Å². The Bertz CT molecular complexity index is 118. The van der Waals surface area contributed by atoms with E-state index in [2.05, 4.69) is 11.7 Å². The van der Waals surface area contributed by atoms with Gasteiger partial charge in [-0.05, 0) is 6.10 Å². The normalized spacial score (nSPS) is 25.3. The zero-order valence-electron chi connectivity index (χ0n) is 5.33. The van der Waals surface area contributed by atoms with Crippen LogP contribution in [0.3, 0.4) is 0 Å². The quantitative estimate of drug-likeness (QED) is 0.529. The van der Waals surface area contributed by atoms with E-state index in [0.29, 0.717) is 6.54 Å². The number of amides is 1. The Balaban J connectivity index is 0.000000640. The summed E-state index contributed by atoms with van der Waals surface area (Å²) in [6, 6.07) is 0. The maximum absolute atomic E-state index is 10.4. The maximum Gasteiger partial charge on any atom is 0.407 e. The summed E-state index contributed by atoms with van der Waals surface area (Å²) >= 11 is 0. The number of nitrogens with zero attached hydrogens (tertiary/aromatic N) is 1. The number of likely N-dealkylation sites (N-methyl/N-ethyl adjacent to an activating group) is 1. The van der Waals surface area contributed by atoms with Gasteiger partial charge in [0, 0.05) is 46.3 Å². The molecule has 1 radical (unpaired) electrons. The summed E-state index contributed by atoms with van der Waals surface area (Å²) in [4.78, 5) is 11.9. The van der Waals surface area contributed by atoms with Gasteiger partial charge in [0.15, 0.2) is 0 Å². The van der Waals surface area contributed by atoms with Crippen molar-refractivity contribution in [2.75, 3.05) is 13.6 Å². The van der Waals surface area contributed by atoms with Gasteiger partial charge in [0.05, 0.1) is 0 Å². The van der Waals surface area contributed by atoms with Crippen LogP contribution >= 0.6 is 0 Å². The van der Waals surface area contributed by atoms with Crippen LogP contribution in [-0.4, -0.2) is 30.7 Å². The second-order valence-corrected chi connectivity index (χ2v) is 1.89. The van der Waals surface area contributed by atoms with Crippen LogP contribution in [0, 0.1) is 6.92 Å². The largest absolute Gasteiger partial charge is 0.477 e. The monoisotopic (exact) mass is 203 g/mol. The fourth-order valence-corrected chi connectivity index (χ4v) is 0.650. The van der Waals surface area contributed by atoms with E-state index in [1.54, 1.807) is 7.05 Å². The molecule has 49 valence electrons. The average molecular weight is 203 g/mol. The van der Waals surface area contributed by atoms with Crippen LogP contribution in [0.15, 0.2) is 0 Å². The Morgan fingerprint density at radius 2 is 2.44 bits per heavy atom. The van der Waals surface area contributed by atoms with Crippen molar-refractivity contribution in [1.29, 1.82) is 0 Å². The SMILES string of the molecule is [CH2-][C@H]1CN(C)C(=O)O1.[Y]. The van der Waals surface area contributed by atoms with Crippen molar-refractivity contribution in [3.8, 4) is 0 Å². The molecule has 1 atom stereocenters. The molecule has 1 rings (SSSR count). The molecule has 1 amide bonds. The molecule has 0 spiro atoms. The molecule has 9 heavy (non-hydrogen) atoms. The first kappa shape index (κ1) is 9.37. The van der Waals surface area contributed by atoms with Gasteiger partial charge < -0.3 is 16.6 Å². The maximum atomic E-state index is 10.4. The van der Waals surface area contributed by atoms with Crippen molar-refractivity contribution in [2.45, 2.75) is 6.10 Å². The summed E-state index contributed by atoms with van der Waals surface area (Å²) in [5, 5.41) is 0. The molecule has 0 saturated carbocycles. The number of cyclic esters (lactones) is 1. The van der Waals surface area contributed by atoms with Gasteiger partial charge >= 0.3 is 6.09 Å². The predicted octanol–water partition coefficient (Wildman–Crippen LogP) is 0.269. The first-order chi connectivity index (χ1) is 3.70. The fraction of sp³-hybridized carbons (Fsp3) is 0.600. The van der Waals surface area contributed by atoms with Crippen molar-refractivity contribution in [3.05, 3.63) is 6.92 Å². The third-order valence-corrected chi connectivity index (χ3v) is 1.06. The van der Waals surface area contributed by atoms with Crippen molar-refractivity contribution in [2.24, 2.45) is 0 Å². The zero-order chi connectivity index (χ0) is 6.15. The minimum Gasteiger partial charge on any atom is -0.477 e. The molecule has 0 bridgehead atoms. The van der Waals surface area contributed by atoms with Crippen LogP contribution in [0.4, 0.5) is 4.79 Å². The molecule has 0 aliphatic carbocycles. The summed E-state index contributed by atoms with van der Waals surface area (Å²) in [5.41, 5.74) is 0. The number of ether oxygens (including phenoxy) is 1. The number of hydrogen-bond acceptors (Lipinski definition) is 2. The molecule has 1 heterocycles. The summed E-state index contributed by atoms with van der Waals surface area (Å²) in [6.07, 6.45) is -0.447. The van der Waals surface area contributed by atoms with E-state index < -0.39 is 0 Å². The van der Waals surface area contributed by atoms with Crippen LogP contribution in [0.1, 0.15) is 0 Å². The summed E-state index contributed by atoms with van der Waals surface area (Å²) in [6.45, 7) is 4.16. The fourth-order valence-electron chi connectivity index (χ4n) is 0.650. The molecule has 4 heteroatoms. The van der Waals surface area contributed by atoms with Crippen molar-refractivity contribution in [1.82, 2.24) is 4.90 Å². The number of hydrogen-bond donors (Lipinski definition) is 0. The van der Waals surface area contributed by atoms with Gasteiger partial charge in [0.1, 0.15) is 0 Å². The molecule has 1 fully saturated rings. The van der Waals surface area contributed by atoms with Crippen LogP contribution in [0.5, 0.6) is 0 Å². The molecule has 1 aliphatic heterocycles. The molecular formula is C5H8NO2Y-. The molecule has 1 aliphatic rings. The first-order valence-corrected chi connectivity index (χ1v) is 2.45. The molecule has 0 aromatic carbocycles. The van der Waals surface area contributed by atoms with Crippen LogP contribution < -0.4 is 0 Å². The summed E-state index contributed by atoms with van der Waals surface area (Å²) in [7, 11) is 1.69. The Kier molecular flexibility index (Phi) is 3.67. The van der Waals surface area contributed by atoms with Crippen LogP contribution in [-0.2, 0) is 37.4 Å². The van der Waals surface area contributed by atoms with E-state index >= 15 is 0 Å². The van der Waals surface area contributed by atoms with Crippen molar-refractivity contribution < 1.29 is 42.2 Å². The molecule has 3 nitrogen and oxygen atoms in total. The molecule has 0 unspecified atom stereocenters. The van der Waals surface area contributed by atoms with E-state index in [0.717, 1.165) is 0 Å². The molecule has 1 saturated heterocycles. The van der Waals surface area contributed by atoms with Gasteiger partial charge in [-0.25, -0.2) is 4.79 Å². The number of carbonyl (C=O) groups excluding carboxylic acids is 1. The van der Waals surface area contributed by atoms with Gasteiger partial charge in [-0.1, -0.05) is 0 Å². The molecular weight excluding hydrogens is 195 g/mol. The van der Waals surface area contributed by atoms with Gasteiger partial charge in [-0.2, -0.15) is 0 Å². The zero-order valence-corrected chi connectivity index (χ0v) is 8.17. The third-order valence-electron chi connectivity index (χ3n) is 1.06. The minimum absolute atomic E-state index is 0. The Labute approximate surface area is 79.6 Å². The molecule has 0 N–H and O–H groups in total. The third kappa shape index (κ3) is 2.22. The van der Waals surface area contributed by atoms with Gasteiger partial charge in [-0.3, -0.25) is 0 Å². The standard InChI is InChI=1S/C5H8NO2.Y/c1-4-3-6(2)5(7)8-4;/h4H,1,3H2,2H3;/q-1;/t4-;/m0./s1. The van der Waals surface area contributed by atoms with E-state index in [4.69, 9.17) is 0 Å². The summed E-state index contributed by atoms with van der Waals surface area (Å²) in [5.74, 6) is 0. The van der Waals surface area contributed by atoms with E-state index in [1.807, 2.05) is 0 Å². The second kappa shape index (κ2) is 3.52. The van der Waals surface area contributed by atoms with E-state index in [9.17, 15) is 4.79 Å². The smallest absolute Gasteiger partial charge is 0.407 e. The minimum atomic E-state index is -0.273. The van der Waals surface area contributed by atoms with Crippen LogP contribution in [0.2, 0.25) is 0 Å². The second-order valence-electron chi connectivity index (χ2n) is 1.89. The molecule has 0 aromatic heterocycles. The average Bonchev–Trinajstić information content (AvgIpc) is 1.85. The van der Waals surface area contributed by atoms with Crippen molar-refractivity contribution >= 4 is 6.09 Å². The Hall–Kier alpha value is 0.374. The van der Waals surface area contributed by atoms with Crippen molar-refractivity contribution in [3.63, 3.8) is 0 Å². The topological polar surface area (TPSA) is 29.5 Å². The first-order valence-electron chi connectivity index (χ1n) is 2.45.